The molecule has 3 aliphatic rings. The number of carbonyl (C=O) groups excluding carboxylic acids is 2. The quantitative estimate of drug-likeness (QED) is 0.226. The molecule has 0 amide bonds. The molecule has 7 nitrogen and oxygen atoms in total. The van der Waals surface area contributed by atoms with Crippen LogP contribution in [0.5, 0.6) is 23.0 Å². The van der Waals surface area contributed by atoms with Crippen LogP contribution in [-0.4, -0.2) is 37.2 Å². The molecule has 8 heteroatoms. The largest absolute Gasteiger partial charge is 0.493 e. The molecule has 0 fully saturated rings. The van der Waals surface area contributed by atoms with E-state index in [0.717, 1.165) is 53.8 Å². The molecule has 45 heavy (non-hydrogen) atoms. The van der Waals surface area contributed by atoms with Gasteiger partial charge in [0.1, 0.15) is 13.2 Å². The van der Waals surface area contributed by atoms with Crippen molar-refractivity contribution in [2.24, 2.45) is 0 Å². The van der Waals surface area contributed by atoms with Gasteiger partial charge in [-0.2, -0.15) is 0 Å². The van der Waals surface area contributed by atoms with Crippen LogP contribution in [0.1, 0.15) is 68.1 Å². The maximum Gasteiger partial charge on any atom is 0.180 e. The van der Waals surface area contributed by atoms with Crippen LogP contribution in [0.4, 0.5) is 0 Å². The first kappa shape index (κ1) is 30.8. The summed E-state index contributed by atoms with van der Waals surface area (Å²) < 4.78 is 23.9. The fourth-order valence-corrected chi connectivity index (χ4v) is 6.93. The first-order chi connectivity index (χ1) is 21.9. The smallest absolute Gasteiger partial charge is 0.180 e. The summed E-state index contributed by atoms with van der Waals surface area (Å²) in [5, 5.41) is 0.362. The van der Waals surface area contributed by atoms with Crippen molar-refractivity contribution in [3.05, 3.63) is 105 Å². The SMILES string of the molecule is CCOc1cc(C2C3=C(CCCC3=O)N(C)C3=C2C(=O)CCC3)cc(Cl)c1OCc1ccc(OCc2ccccc2)c(OC)c1. The first-order valence-corrected chi connectivity index (χ1v) is 16.0. The molecule has 2 aliphatic carbocycles. The van der Waals surface area contributed by atoms with Gasteiger partial charge >= 0.3 is 0 Å². The van der Waals surface area contributed by atoms with Gasteiger partial charge in [0, 0.05) is 48.3 Å². The van der Waals surface area contributed by atoms with Gasteiger partial charge in [-0.15, -0.1) is 0 Å². The Morgan fingerprint density at radius 3 is 2.07 bits per heavy atom. The molecule has 0 saturated heterocycles. The van der Waals surface area contributed by atoms with Crippen LogP contribution in [0.3, 0.4) is 0 Å². The number of Topliss-reactive ketones (excluding diaryl/α,β-unsaturated/α-hetero) is 2. The van der Waals surface area contributed by atoms with Crippen LogP contribution < -0.4 is 18.9 Å². The zero-order valence-corrected chi connectivity index (χ0v) is 26.7. The monoisotopic (exact) mass is 627 g/mol. The van der Waals surface area contributed by atoms with Gasteiger partial charge in [-0.25, -0.2) is 0 Å². The average Bonchev–Trinajstić information content (AvgIpc) is 3.05. The fourth-order valence-electron chi connectivity index (χ4n) is 6.66. The summed E-state index contributed by atoms with van der Waals surface area (Å²) in [5.41, 5.74) is 6.17. The molecule has 0 atom stereocenters. The van der Waals surface area contributed by atoms with E-state index in [9.17, 15) is 9.59 Å². The second-order valence-electron chi connectivity index (χ2n) is 11.6. The number of methoxy groups -OCH3 is 1. The lowest BCUT2D eigenvalue weighted by Gasteiger charge is -2.42. The number of halogens is 1. The molecule has 1 heterocycles. The van der Waals surface area contributed by atoms with Crippen molar-refractivity contribution in [1.82, 2.24) is 4.90 Å². The van der Waals surface area contributed by atoms with Crippen LogP contribution in [-0.2, 0) is 22.8 Å². The molecule has 0 radical (unpaired) electrons. The van der Waals surface area contributed by atoms with Gasteiger partial charge in [-0.05, 0) is 73.6 Å². The van der Waals surface area contributed by atoms with Gasteiger partial charge in [0.05, 0.1) is 18.7 Å². The van der Waals surface area contributed by atoms with Gasteiger partial charge in [-0.3, -0.25) is 9.59 Å². The molecule has 3 aromatic carbocycles. The molecule has 0 spiro atoms. The predicted molar refractivity (Wildman–Crippen MR) is 173 cm³/mol. The number of allylic oxidation sites excluding steroid dienone is 4. The highest BCUT2D eigenvalue weighted by Crippen LogP contribution is 2.50. The highest BCUT2D eigenvalue weighted by Gasteiger charge is 2.42. The van der Waals surface area contributed by atoms with E-state index < -0.39 is 5.92 Å². The Bertz CT molecular complexity index is 1630. The molecule has 234 valence electrons. The molecule has 0 saturated carbocycles. The third kappa shape index (κ3) is 6.19. The normalized spacial score (nSPS) is 16.8. The van der Waals surface area contributed by atoms with Gasteiger partial charge in [-0.1, -0.05) is 48.0 Å². The lowest BCUT2D eigenvalue weighted by molar-refractivity contribution is -0.117. The molecule has 6 rings (SSSR count). The number of hydrogen-bond acceptors (Lipinski definition) is 7. The van der Waals surface area contributed by atoms with E-state index >= 15 is 0 Å². The standard InChI is InChI=1S/C37H38ClNO6/c1-4-43-33-20-25(34-35-27(12-8-14-29(35)40)39(2)28-13-9-15-30(41)36(28)34)19-26(38)37(33)45-22-24-16-17-31(32(18-24)42-3)44-21-23-10-6-5-7-11-23/h5-7,10-11,16-20,34H,4,8-9,12-15,21-22H2,1-3H3. The van der Waals surface area contributed by atoms with E-state index in [2.05, 4.69) is 4.90 Å². The van der Waals surface area contributed by atoms with E-state index in [-0.39, 0.29) is 18.2 Å². The van der Waals surface area contributed by atoms with E-state index in [1.165, 1.54) is 0 Å². The number of carbonyl (C=O) groups is 2. The summed E-state index contributed by atoms with van der Waals surface area (Å²) in [7, 11) is 3.60. The third-order valence-electron chi connectivity index (χ3n) is 8.76. The topological polar surface area (TPSA) is 74.3 Å². The highest BCUT2D eigenvalue weighted by molar-refractivity contribution is 6.32. The molecule has 3 aromatic rings. The Kier molecular flexibility index (Phi) is 9.17. The minimum atomic E-state index is -0.467. The van der Waals surface area contributed by atoms with Crippen molar-refractivity contribution in [2.45, 2.75) is 64.6 Å². The summed E-state index contributed by atoms with van der Waals surface area (Å²) in [5.74, 6) is 1.84. The van der Waals surface area contributed by atoms with Crippen molar-refractivity contribution < 1.29 is 28.5 Å². The van der Waals surface area contributed by atoms with E-state index in [4.69, 9.17) is 30.5 Å². The maximum atomic E-state index is 13.4. The summed E-state index contributed by atoms with van der Waals surface area (Å²) in [6.45, 7) is 2.93. The third-order valence-corrected chi connectivity index (χ3v) is 9.04. The Balaban J connectivity index is 1.29. The van der Waals surface area contributed by atoms with Gasteiger partial charge in [0.2, 0.25) is 0 Å². The van der Waals surface area contributed by atoms with E-state index in [1.807, 2.05) is 74.6 Å². The average molecular weight is 628 g/mol. The number of rotatable bonds is 10. The predicted octanol–water partition coefficient (Wildman–Crippen LogP) is 7.95. The Labute approximate surface area is 269 Å². The number of nitrogens with zero attached hydrogens (tertiary/aromatic N) is 1. The van der Waals surface area contributed by atoms with Crippen molar-refractivity contribution >= 4 is 23.2 Å². The number of ketones is 2. The first-order valence-electron chi connectivity index (χ1n) is 15.6. The molecular weight excluding hydrogens is 590 g/mol. The summed E-state index contributed by atoms with van der Waals surface area (Å²) in [4.78, 5) is 28.9. The number of benzene rings is 3. The minimum absolute atomic E-state index is 0.0950. The molecular formula is C37H38ClNO6. The zero-order chi connectivity index (χ0) is 31.5. The summed E-state index contributed by atoms with van der Waals surface area (Å²) >= 11 is 6.93. The Hall–Kier alpha value is -4.23. The summed E-state index contributed by atoms with van der Waals surface area (Å²) in [6.07, 6.45) is 4.21. The van der Waals surface area contributed by atoms with Crippen LogP contribution in [0.25, 0.3) is 0 Å². The van der Waals surface area contributed by atoms with Crippen molar-refractivity contribution in [3.63, 3.8) is 0 Å². The van der Waals surface area contributed by atoms with Gasteiger partial charge in [0.25, 0.3) is 0 Å². The minimum Gasteiger partial charge on any atom is -0.493 e. The van der Waals surface area contributed by atoms with Gasteiger partial charge in [0.15, 0.2) is 34.6 Å². The van der Waals surface area contributed by atoms with Crippen LogP contribution >= 0.6 is 11.6 Å². The van der Waals surface area contributed by atoms with Crippen LogP contribution in [0.15, 0.2) is 83.2 Å². The molecule has 0 aromatic heterocycles. The second-order valence-corrected chi connectivity index (χ2v) is 12.0. The highest BCUT2D eigenvalue weighted by atomic mass is 35.5. The lowest BCUT2D eigenvalue weighted by atomic mass is 9.71. The summed E-state index contributed by atoms with van der Waals surface area (Å²) in [6, 6.07) is 19.3. The van der Waals surface area contributed by atoms with Crippen LogP contribution in [0, 0.1) is 0 Å². The second kappa shape index (κ2) is 13.4. The van der Waals surface area contributed by atoms with Gasteiger partial charge < -0.3 is 23.8 Å². The molecule has 0 bridgehead atoms. The number of ether oxygens (including phenoxy) is 4. The van der Waals surface area contributed by atoms with E-state index in [1.54, 1.807) is 7.11 Å². The molecule has 1 aliphatic heterocycles. The molecule has 0 N–H and O–H groups in total. The van der Waals surface area contributed by atoms with Crippen molar-refractivity contribution in [3.8, 4) is 23.0 Å². The van der Waals surface area contributed by atoms with Crippen molar-refractivity contribution in [1.29, 1.82) is 0 Å². The molecule has 0 unspecified atom stereocenters. The van der Waals surface area contributed by atoms with Crippen LogP contribution in [0.2, 0.25) is 5.02 Å². The van der Waals surface area contributed by atoms with Crippen molar-refractivity contribution in [2.75, 3.05) is 20.8 Å². The fraction of sp³-hybridized carbons (Fsp3) is 0.351. The zero-order valence-electron chi connectivity index (χ0n) is 26.0. The van der Waals surface area contributed by atoms with E-state index in [0.29, 0.717) is 65.2 Å². The Morgan fingerprint density at radius 1 is 0.756 bits per heavy atom. The maximum absolute atomic E-state index is 13.4. The number of hydrogen-bond donors (Lipinski definition) is 0. The lowest BCUT2D eigenvalue weighted by Crippen LogP contribution is -2.37. The Morgan fingerprint density at radius 2 is 1.42 bits per heavy atom.